The van der Waals surface area contributed by atoms with E-state index in [9.17, 15) is 14.9 Å². The Morgan fingerprint density at radius 3 is 2.78 bits per heavy atom. The third-order valence-electron chi connectivity index (χ3n) is 2.72. The number of benzene rings is 1. The van der Waals surface area contributed by atoms with Crippen LogP contribution in [0.5, 0.6) is 0 Å². The van der Waals surface area contributed by atoms with Crippen LogP contribution in [0.1, 0.15) is 29.3 Å². The summed E-state index contributed by atoms with van der Waals surface area (Å²) in [5.41, 5.74) is 6.18. The molecule has 0 heterocycles. The number of hydrogen-bond acceptors (Lipinski definition) is 4. The normalized spacial score (nSPS) is 11.9. The molecule has 0 spiro atoms. The predicted molar refractivity (Wildman–Crippen MR) is 68.4 cm³/mol. The molecular formula is C12H17N3O3. The molecule has 1 amide bonds. The lowest BCUT2D eigenvalue weighted by Gasteiger charge is -2.11. The summed E-state index contributed by atoms with van der Waals surface area (Å²) in [6.07, 6.45) is 0.732. The number of carbonyl (C=O) groups is 1. The summed E-state index contributed by atoms with van der Waals surface area (Å²) in [4.78, 5) is 22.3. The van der Waals surface area contributed by atoms with Crippen LogP contribution in [0.15, 0.2) is 18.2 Å². The van der Waals surface area contributed by atoms with Crippen molar-refractivity contribution in [2.24, 2.45) is 5.73 Å². The molecule has 1 aromatic rings. The fraction of sp³-hybridized carbons (Fsp3) is 0.417. The predicted octanol–water partition coefficient (Wildman–Crippen LogP) is 1.37. The lowest BCUT2D eigenvalue weighted by molar-refractivity contribution is -0.385. The molecule has 1 atom stereocenters. The Morgan fingerprint density at radius 2 is 2.22 bits per heavy atom. The molecule has 0 fully saturated rings. The smallest absolute Gasteiger partial charge is 0.282 e. The molecule has 3 N–H and O–H groups in total. The van der Waals surface area contributed by atoms with Crippen LogP contribution in [0, 0.1) is 17.0 Å². The zero-order valence-corrected chi connectivity index (χ0v) is 10.5. The minimum Gasteiger partial charge on any atom is -0.350 e. The molecule has 0 aliphatic carbocycles. The van der Waals surface area contributed by atoms with Crippen molar-refractivity contribution in [1.82, 2.24) is 5.32 Å². The average Bonchev–Trinajstić information content (AvgIpc) is 2.34. The van der Waals surface area contributed by atoms with Crippen LogP contribution in [0.4, 0.5) is 5.69 Å². The number of amides is 1. The van der Waals surface area contributed by atoms with Crippen molar-refractivity contribution in [2.45, 2.75) is 26.3 Å². The minimum atomic E-state index is -0.554. The van der Waals surface area contributed by atoms with Crippen molar-refractivity contribution >= 4 is 11.6 Å². The van der Waals surface area contributed by atoms with Crippen molar-refractivity contribution in [2.75, 3.05) is 6.54 Å². The van der Waals surface area contributed by atoms with E-state index < -0.39 is 10.8 Å². The Bertz CT molecular complexity index is 460. The summed E-state index contributed by atoms with van der Waals surface area (Å²) < 4.78 is 0. The molecule has 18 heavy (non-hydrogen) atoms. The van der Waals surface area contributed by atoms with E-state index in [4.69, 9.17) is 5.73 Å². The maximum atomic E-state index is 11.9. The van der Waals surface area contributed by atoms with Gasteiger partial charge in [-0.3, -0.25) is 14.9 Å². The van der Waals surface area contributed by atoms with Crippen molar-refractivity contribution in [3.8, 4) is 0 Å². The molecule has 0 saturated heterocycles. The number of aryl methyl sites for hydroxylation is 1. The third-order valence-corrected chi connectivity index (χ3v) is 2.72. The minimum absolute atomic E-state index is 0.103. The highest BCUT2D eigenvalue weighted by molar-refractivity contribution is 5.99. The second kappa shape index (κ2) is 6.11. The number of nitrogens with two attached hydrogens (primary N) is 1. The van der Waals surface area contributed by atoms with E-state index in [2.05, 4.69) is 5.32 Å². The van der Waals surface area contributed by atoms with Gasteiger partial charge in [-0.05, 0) is 18.9 Å². The molecule has 6 nitrogen and oxygen atoms in total. The molecular weight excluding hydrogens is 234 g/mol. The van der Waals surface area contributed by atoms with Gasteiger partial charge in [-0.2, -0.15) is 0 Å². The van der Waals surface area contributed by atoms with Gasteiger partial charge in [0.2, 0.25) is 0 Å². The van der Waals surface area contributed by atoms with Gasteiger partial charge in [0.15, 0.2) is 0 Å². The summed E-state index contributed by atoms with van der Waals surface area (Å²) in [7, 11) is 0. The van der Waals surface area contributed by atoms with Crippen LogP contribution in [0.2, 0.25) is 0 Å². The van der Waals surface area contributed by atoms with Gasteiger partial charge in [-0.15, -0.1) is 0 Å². The molecule has 0 aromatic heterocycles. The fourth-order valence-corrected chi connectivity index (χ4v) is 1.56. The Morgan fingerprint density at radius 1 is 1.56 bits per heavy atom. The largest absolute Gasteiger partial charge is 0.350 e. The number of hydrogen-bond donors (Lipinski definition) is 2. The molecule has 1 aromatic carbocycles. The van der Waals surface area contributed by atoms with E-state index in [1.54, 1.807) is 19.1 Å². The van der Waals surface area contributed by atoms with E-state index in [0.29, 0.717) is 12.1 Å². The summed E-state index contributed by atoms with van der Waals surface area (Å²) in [5, 5.41) is 13.5. The molecule has 0 aliphatic rings. The standard InChI is InChI=1S/C12H17N3O3/c1-3-9(13)7-14-12(16)11-8(2)5-4-6-10(11)15(17)18/h4-6,9H,3,7,13H2,1-2H3,(H,14,16). The second-order valence-corrected chi connectivity index (χ2v) is 4.10. The van der Waals surface area contributed by atoms with Crippen molar-refractivity contribution in [3.05, 3.63) is 39.4 Å². The van der Waals surface area contributed by atoms with E-state index in [0.717, 1.165) is 6.42 Å². The number of nitro benzene ring substituents is 1. The third kappa shape index (κ3) is 3.27. The van der Waals surface area contributed by atoms with Gasteiger partial charge in [-0.1, -0.05) is 19.1 Å². The first kappa shape index (κ1) is 14.1. The Kier molecular flexibility index (Phi) is 4.79. The van der Waals surface area contributed by atoms with Gasteiger partial charge >= 0.3 is 0 Å². The quantitative estimate of drug-likeness (QED) is 0.610. The van der Waals surface area contributed by atoms with Gasteiger partial charge in [0.1, 0.15) is 5.56 Å². The van der Waals surface area contributed by atoms with Crippen LogP contribution in [-0.2, 0) is 0 Å². The van der Waals surface area contributed by atoms with Crippen molar-refractivity contribution in [3.63, 3.8) is 0 Å². The summed E-state index contributed by atoms with van der Waals surface area (Å²) in [5.74, 6) is -0.455. The van der Waals surface area contributed by atoms with E-state index in [-0.39, 0.29) is 17.3 Å². The zero-order chi connectivity index (χ0) is 13.7. The monoisotopic (exact) mass is 251 g/mol. The van der Waals surface area contributed by atoms with Crippen LogP contribution < -0.4 is 11.1 Å². The van der Waals surface area contributed by atoms with Gasteiger partial charge in [0.05, 0.1) is 4.92 Å². The molecule has 98 valence electrons. The van der Waals surface area contributed by atoms with E-state index in [1.807, 2.05) is 6.92 Å². The molecule has 0 aliphatic heterocycles. The number of nitrogens with zero attached hydrogens (tertiary/aromatic N) is 1. The van der Waals surface area contributed by atoms with Crippen molar-refractivity contribution < 1.29 is 9.72 Å². The topological polar surface area (TPSA) is 98.3 Å². The highest BCUT2D eigenvalue weighted by Crippen LogP contribution is 2.21. The number of rotatable bonds is 5. The average molecular weight is 251 g/mol. The molecule has 1 rings (SSSR count). The van der Waals surface area contributed by atoms with Gasteiger partial charge < -0.3 is 11.1 Å². The summed E-state index contributed by atoms with van der Waals surface area (Å²) in [6.45, 7) is 3.88. The highest BCUT2D eigenvalue weighted by atomic mass is 16.6. The molecule has 0 radical (unpaired) electrons. The first-order valence-corrected chi connectivity index (χ1v) is 5.75. The Balaban J connectivity index is 2.94. The van der Waals surface area contributed by atoms with Gasteiger partial charge in [0, 0.05) is 18.7 Å². The zero-order valence-electron chi connectivity index (χ0n) is 10.5. The highest BCUT2D eigenvalue weighted by Gasteiger charge is 2.21. The first-order chi connectivity index (χ1) is 8.47. The maximum Gasteiger partial charge on any atom is 0.282 e. The summed E-state index contributed by atoms with van der Waals surface area (Å²) >= 11 is 0. The molecule has 0 bridgehead atoms. The van der Waals surface area contributed by atoms with Crippen molar-refractivity contribution in [1.29, 1.82) is 0 Å². The second-order valence-electron chi connectivity index (χ2n) is 4.10. The SMILES string of the molecule is CCC(N)CNC(=O)c1c(C)cccc1[N+](=O)[O-]. The Labute approximate surface area is 105 Å². The maximum absolute atomic E-state index is 11.9. The molecule has 1 unspecified atom stereocenters. The van der Waals surface area contributed by atoms with Crippen LogP contribution in [-0.4, -0.2) is 23.4 Å². The summed E-state index contributed by atoms with van der Waals surface area (Å²) in [6, 6.07) is 4.41. The number of carbonyl (C=O) groups excluding carboxylic acids is 1. The molecule has 6 heteroatoms. The van der Waals surface area contributed by atoms with Gasteiger partial charge in [0.25, 0.3) is 11.6 Å². The fourth-order valence-electron chi connectivity index (χ4n) is 1.56. The lowest BCUT2D eigenvalue weighted by atomic mass is 10.1. The van der Waals surface area contributed by atoms with Crippen LogP contribution in [0.25, 0.3) is 0 Å². The first-order valence-electron chi connectivity index (χ1n) is 5.75. The van der Waals surface area contributed by atoms with Crippen LogP contribution in [0.3, 0.4) is 0 Å². The number of nitro groups is 1. The lowest BCUT2D eigenvalue weighted by Crippen LogP contribution is -2.37. The molecule has 0 saturated carbocycles. The van der Waals surface area contributed by atoms with Gasteiger partial charge in [-0.25, -0.2) is 0 Å². The number of nitrogens with one attached hydrogen (secondary N) is 1. The Hall–Kier alpha value is -1.95. The van der Waals surface area contributed by atoms with Crippen LogP contribution >= 0.6 is 0 Å². The van der Waals surface area contributed by atoms with E-state index in [1.165, 1.54) is 6.07 Å². The van der Waals surface area contributed by atoms with E-state index >= 15 is 0 Å².